The van der Waals surface area contributed by atoms with Gasteiger partial charge < -0.3 is 4.42 Å². The highest BCUT2D eigenvalue weighted by Gasteiger charge is 2.15. The quantitative estimate of drug-likeness (QED) is 0.184. The van der Waals surface area contributed by atoms with Gasteiger partial charge in [-0.25, -0.2) is 15.0 Å². The summed E-state index contributed by atoms with van der Waals surface area (Å²) in [4.78, 5) is 15.0. The number of furan rings is 1. The number of fused-ring (bicyclic) bond motifs is 3. The first-order valence-electron chi connectivity index (χ1n) is 16.4. The summed E-state index contributed by atoms with van der Waals surface area (Å²) < 4.78 is 6.21. The van der Waals surface area contributed by atoms with Crippen molar-refractivity contribution in [2.75, 3.05) is 0 Å². The monoisotopic (exact) mass is 627 g/mol. The van der Waals surface area contributed by atoms with E-state index in [9.17, 15) is 0 Å². The standard InChI is InChI=1S/C45H29N3O/c1-3-11-30(12-4-1)31-21-23-32(24-22-31)34-15-9-16-35(27-34)36-17-10-18-37(28-36)44-46-43(33-13-5-2-6-14-33)47-45(48-44)38-25-26-40-39-19-7-8-20-41(39)49-42(40)29-38/h1-29H. The van der Waals surface area contributed by atoms with E-state index < -0.39 is 0 Å². The number of hydrogen-bond acceptors (Lipinski definition) is 4. The Morgan fingerprint density at radius 2 is 0.673 bits per heavy atom. The molecule has 0 aliphatic rings. The minimum absolute atomic E-state index is 0.595. The molecule has 0 aliphatic carbocycles. The molecule has 9 rings (SSSR count). The van der Waals surface area contributed by atoms with Crippen LogP contribution in [0.4, 0.5) is 0 Å². The third kappa shape index (κ3) is 5.56. The Kier molecular flexibility index (Phi) is 7.10. The molecule has 0 N–H and O–H groups in total. The molecule has 9 aromatic rings. The SMILES string of the molecule is c1ccc(-c2ccc(-c3cccc(-c4cccc(-c5nc(-c6ccccc6)nc(-c6ccc7c(c6)oc6ccccc67)n5)c4)c3)cc2)cc1. The first-order chi connectivity index (χ1) is 24.2. The predicted octanol–water partition coefficient (Wildman–Crippen LogP) is 11.8. The topological polar surface area (TPSA) is 51.8 Å². The minimum Gasteiger partial charge on any atom is -0.456 e. The lowest BCUT2D eigenvalue weighted by atomic mass is 9.96. The van der Waals surface area contributed by atoms with Crippen LogP contribution in [-0.4, -0.2) is 15.0 Å². The van der Waals surface area contributed by atoms with Gasteiger partial charge in [-0.2, -0.15) is 0 Å². The summed E-state index contributed by atoms with van der Waals surface area (Å²) in [6.45, 7) is 0. The van der Waals surface area contributed by atoms with Crippen LogP contribution in [0.15, 0.2) is 180 Å². The maximum Gasteiger partial charge on any atom is 0.164 e. The molecular formula is C45H29N3O. The first-order valence-corrected chi connectivity index (χ1v) is 16.4. The zero-order valence-corrected chi connectivity index (χ0v) is 26.5. The van der Waals surface area contributed by atoms with E-state index in [-0.39, 0.29) is 0 Å². The molecule has 0 amide bonds. The lowest BCUT2D eigenvalue weighted by Gasteiger charge is -2.11. The Morgan fingerprint density at radius 3 is 1.35 bits per heavy atom. The van der Waals surface area contributed by atoms with E-state index in [0.717, 1.165) is 55.3 Å². The fourth-order valence-electron chi connectivity index (χ4n) is 6.42. The van der Waals surface area contributed by atoms with Gasteiger partial charge in [0, 0.05) is 27.5 Å². The van der Waals surface area contributed by atoms with Crippen molar-refractivity contribution in [3.8, 4) is 67.5 Å². The second kappa shape index (κ2) is 12.2. The first kappa shape index (κ1) is 28.6. The molecule has 0 saturated heterocycles. The number of hydrogen-bond donors (Lipinski definition) is 0. The Labute approximate surface area is 284 Å². The lowest BCUT2D eigenvalue weighted by Crippen LogP contribution is -2.00. The molecule has 0 unspecified atom stereocenters. The van der Waals surface area contributed by atoms with Crippen LogP contribution >= 0.6 is 0 Å². The zero-order chi connectivity index (χ0) is 32.6. The highest BCUT2D eigenvalue weighted by Crippen LogP contribution is 2.34. The predicted molar refractivity (Wildman–Crippen MR) is 200 cm³/mol. The zero-order valence-electron chi connectivity index (χ0n) is 26.5. The summed E-state index contributed by atoms with van der Waals surface area (Å²) in [6.07, 6.45) is 0. The molecule has 0 spiro atoms. The largest absolute Gasteiger partial charge is 0.456 e. The minimum atomic E-state index is 0.595. The number of para-hydroxylation sites is 1. The molecule has 4 nitrogen and oxygen atoms in total. The van der Waals surface area contributed by atoms with Crippen LogP contribution in [0.5, 0.6) is 0 Å². The molecule has 0 fully saturated rings. The maximum absolute atomic E-state index is 6.21. The average Bonchev–Trinajstić information content (AvgIpc) is 3.57. The molecule has 7 aromatic carbocycles. The molecular weight excluding hydrogens is 599 g/mol. The molecule has 230 valence electrons. The number of aromatic nitrogens is 3. The molecule has 0 atom stereocenters. The third-order valence-corrected chi connectivity index (χ3v) is 8.95. The molecule has 49 heavy (non-hydrogen) atoms. The summed E-state index contributed by atoms with van der Waals surface area (Å²) in [5.74, 6) is 1.83. The van der Waals surface area contributed by atoms with Crippen LogP contribution in [0.25, 0.3) is 89.5 Å². The number of benzene rings is 7. The molecule has 2 aromatic heterocycles. The van der Waals surface area contributed by atoms with Gasteiger partial charge in [0.25, 0.3) is 0 Å². The van der Waals surface area contributed by atoms with Gasteiger partial charge in [0.2, 0.25) is 0 Å². The summed E-state index contributed by atoms with van der Waals surface area (Å²) in [5.41, 5.74) is 11.4. The van der Waals surface area contributed by atoms with Gasteiger partial charge in [0.1, 0.15) is 11.2 Å². The Morgan fingerprint density at radius 1 is 0.265 bits per heavy atom. The molecule has 0 aliphatic heterocycles. The summed E-state index contributed by atoms with van der Waals surface area (Å²) >= 11 is 0. The normalized spacial score (nSPS) is 11.3. The van der Waals surface area contributed by atoms with Crippen LogP contribution in [0, 0.1) is 0 Å². The van der Waals surface area contributed by atoms with Crippen molar-refractivity contribution in [2.24, 2.45) is 0 Å². The second-order valence-corrected chi connectivity index (χ2v) is 12.1. The lowest BCUT2D eigenvalue weighted by molar-refractivity contribution is 0.669. The van der Waals surface area contributed by atoms with Crippen LogP contribution < -0.4 is 0 Å². The van der Waals surface area contributed by atoms with Gasteiger partial charge >= 0.3 is 0 Å². The summed E-state index contributed by atoms with van der Waals surface area (Å²) in [6, 6.07) is 60.7. The van der Waals surface area contributed by atoms with Gasteiger partial charge in [0.05, 0.1) is 0 Å². The molecule has 2 heterocycles. The second-order valence-electron chi connectivity index (χ2n) is 12.1. The third-order valence-electron chi connectivity index (χ3n) is 8.95. The van der Waals surface area contributed by atoms with Gasteiger partial charge in [-0.3, -0.25) is 0 Å². The van der Waals surface area contributed by atoms with Crippen LogP contribution in [0.3, 0.4) is 0 Å². The Hall–Kier alpha value is -6.65. The van der Waals surface area contributed by atoms with E-state index in [1.54, 1.807) is 0 Å². The van der Waals surface area contributed by atoms with E-state index >= 15 is 0 Å². The van der Waals surface area contributed by atoms with Gasteiger partial charge in [-0.15, -0.1) is 0 Å². The van der Waals surface area contributed by atoms with Crippen molar-refractivity contribution in [1.29, 1.82) is 0 Å². The molecule has 4 heteroatoms. The van der Waals surface area contributed by atoms with E-state index in [4.69, 9.17) is 19.4 Å². The van der Waals surface area contributed by atoms with Crippen molar-refractivity contribution < 1.29 is 4.42 Å². The Bertz CT molecular complexity index is 2590. The molecule has 0 radical (unpaired) electrons. The highest BCUT2D eigenvalue weighted by atomic mass is 16.3. The van der Waals surface area contributed by atoms with E-state index in [2.05, 4.69) is 115 Å². The molecule has 0 bridgehead atoms. The van der Waals surface area contributed by atoms with Gasteiger partial charge in [-0.05, 0) is 63.7 Å². The van der Waals surface area contributed by atoms with Crippen molar-refractivity contribution in [3.05, 3.63) is 176 Å². The summed E-state index contributed by atoms with van der Waals surface area (Å²) in [5, 5.41) is 2.16. The summed E-state index contributed by atoms with van der Waals surface area (Å²) in [7, 11) is 0. The molecule has 0 saturated carbocycles. The average molecular weight is 628 g/mol. The smallest absolute Gasteiger partial charge is 0.164 e. The van der Waals surface area contributed by atoms with Crippen molar-refractivity contribution >= 4 is 21.9 Å². The van der Waals surface area contributed by atoms with Crippen LogP contribution in [-0.2, 0) is 0 Å². The van der Waals surface area contributed by atoms with Crippen molar-refractivity contribution in [2.45, 2.75) is 0 Å². The van der Waals surface area contributed by atoms with Crippen LogP contribution in [0.2, 0.25) is 0 Å². The highest BCUT2D eigenvalue weighted by molar-refractivity contribution is 6.05. The van der Waals surface area contributed by atoms with Crippen molar-refractivity contribution in [3.63, 3.8) is 0 Å². The number of rotatable bonds is 6. The van der Waals surface area contributed by atoms with Crippen LogP contribution in [0.1, 0.15) is 0 Å². The van der Waals surface area contributed by atoms with E-state index in [1.165, 1.54) is 16.7 Å². The van der Waals surface area contributed by atoms with Gasteiger partial charge in [0.15, 0.2) is 17.5 Å². The fourth-order valence-corrected chi connectivity index (χ4v) is 6.42. The maximum atomic E-state index is 6.21. The van der Waals surface area contributed by atoms with Crippen molar-refractivity contribution in [1.82, 2.24) is 15.0 Å². The number of nitrogens with zero attached hydrogens (tertiary/aromatic N) is 3. The van der Waals surface area contributed by atoms with E-state index in [0.29, 0.717) is 17.5 Å². The van der Waals surface area contributed by atoms with E-state index in [1.807, 2.05) is 60.7 Å². The Balaban J connectivity index is 1.10. The fraction of sp³-hybridized carbons (Fsp3) is 0. The van der Waals surface area contributed by atoms with Gasteiger partial charge in [-0.1, -0.05) is 146 Å².